The Labute approximate surface area is 123 Å². The lowest BCUT2D eigenvalue weighted by Gasteiger charge is -2.23. The number of nitrogens with zero attached hydrogens (tertiary/aromatic N) is 1. The third kappa shape index (κ3) is 3.92. The fourth-order valence-electron chi connectivity index (χ4n) is 2.45. The third-order valence-corrected chi connectivity index (χ3v) is 3.80. The maximum atomic E-state index is 11.2. The highest BCUT2D eigenvalue weighted by atomic mass is 16.6. The monoisotopic (exact) mass is 292 g/mol. The fourth-order valence-corrected chi connectivity index (χ4v) is 2.45. The van der Waals surface area contributed by atoms with Crippen molar-refractivity contribution >= 4 is 5.69 Å². The summed E-state index contributed by atoms with van der Waals surface area (Å²) in [5, 5.41) is 14.6. The van der Waals surface area contributed by atoms with E-state index in [0.29, 0.717) is 24.9 Å². The van der Waals surface area contributed by atoms with Gasteiger partial charge in [-0.25, -0.2) is 0 Å². The number of hydrogen-bond donors (Lipinski definition) is 1. The molecule has 1 aliphatic carbocycles. The van der Waals surface area contributed by atoms with E-state index in [4.69, 9.17) is 9.47 Å². The van der Waals surface area contributed by atoms with Crippen molar-refractivity contribution in [2.45, 2.75) is 44.4 Å². The molecule has 3 rings (SSSR count). The Kier molecular flexibility index (Phi) is 4.36. The lowest BCUT2D eigenvalue weighted by atomic mass is 10.1. The summed E-state index contributed by atoms with van der Waals surface area (Å²) in [6.45, 7) is 1.91. The van der Waals surface area contributed by atoms with E-state index in [1.54, 1.807) is 12.1 Å². The van der Waals surface area contributed by atoms with Gasteiger partial charge in [0.15, 0.2) is 5.75 Å². The van der Waals surface area contributed by atoms with Crippen molar-refractivity contribution in [3.8, 4) is 5.75 Å². The lowest BCUT2D eigenvalue weighted by molar-refractivity contribution is -0.386. The summed E-state index contributed by atoms with van der Waals surface area (Å²) >= 11 is 0. The van der Waals surface area contributed by atoms with Crippen LogP contribution in [0, 0.1) is 10.1 Å². The van der Waals surface area contributed by atoms with Gasteiger partial charge >= 0.3 is 5.69 Å². The van der Waals surface area contributed by atoms with Gasteiger partial charge in [-0.1, -0.05) is 6.07 Å². The molecule has 0 radical (unpaired) electrons. The van der Waals surface area contributed by atoms with E-state index < -0.39 is 0 Å². The largest absolute Gasteiger partial charge is 0.481 e. The second kappa shape index (κ2) is 6.41. The molecule has 1 N–H and O–H groups in total. The molecule has 0 aromatic heterocycles. The molecule has 0 bridgehead atoms. The highest BCUT2D eigenvalue weighted by Gasteiger charge is 2.23. The van der Waals surface area contributed by atoms with Gasteiger partial charge in [0.25, 0.3) is 0 Å². The van der Waals surface area contributed by atoms with Crippen molar-refractivity contribution in [3.05, 3.63) is 33.9 Å². The number of hydrogen-bond acceptors (Lipinski definition) is 5. The smallest absolute Gasteiger partial charge is 0.311 e. The van der Waals surface area contributed by atoms with Crippen molar-refractivity contribution < 1.29 is 14.4 Å². The molecule has 6 heteroatoms. The molecule has 1 unspecified atom stereocenters. The van der Waals surface area contributed by atoms with Crippen LogP contribution in [0.3, 0.4) is 0 Å². The van der Waals surface area contributed by atoms with E-state index in [1.165, 1.54) is 12.8 Å². The van der Waals surface area contributed by atoms with Crippen LogP contribution in [0.15, 0.2) is 18.2 Å². The quantitative estimate of drug-likeness (QED) is 0.644. The molecule has 2 fully saturated rings. The molecule has 0 spiro atoms. The number of rotatable bonds is 6. The van der Waals surface area contributed by atoms with Crippen molar-refractivity contribution in [2.24, 2.45) is 0 Å². The standard InChI is InChI=1S/C15H20N2O4/c18-17(19)14-8-11(9-16-12-4-5-12)3-6-15(14)21-13-2-1-7-20-10-13/h3,6,8,12-13,16H,1-2,4-5,7,9-10H2. The number of nitrogens with one attached hydrogen (secondary N) is 1. The van der Waals surface area contributed by atoms with Crippen molar-refractivity contribution in [3.63, 3.8) is 0 Å². The minimum absolute atomic E-state index is 0.0377. The first-order valence-corrected chi connectivity index (χ1v) is 7.47. The Morgan fingerprint density at radius 1 is 1.38 bits per heavy atom. The maximum absolute atomic E-state index is 11.2. The van der Waals surface area contributed by atoms with Crippen molar-refractivity contribution in [1.29, 1.82) is 0 Å². The Morgan fingerprint density at radius 2 is 2.24 bits per heavy atom. The molecular weight excluding hydrogens is 272 g/mol. The van der Waals surface area contributed by atoms with E-state index >= 15 is 0 Å². The van der Waals surface area contributed by atoms with Gasteiger partial charge in [-0.15, -0.1) is 0 Å². The number of nitro groups is 1. The van der Waals surface area contributed by atoms with E-state index in [1.807, 2.05) is 6.07 Å². The summed E-state index contributed by atoms with van der Waals surface area (Å²) in [5.74, 6) is 0.339. The number of nitro benzene ring substituents is 1. The Morgan fingerprint density at radius 3 is 2.90 bits per heavy atom. The van der Waals surface area contributed by atoms with Gasteiger partial charge in [-0.05, 0) is 37.3 Å². The molecule has 1 aliphatic heterocycles. The van der Waals surface area contributed by atoms with E-state index in [-0.39, 0.29) is 16.7 Å². The third-order valence-electron chi connectivity index (χ3n) is 3.80. The Bertz CT molecular complexity index is 510. The second-order valence-electron chi connectivity index (χ2n) is 5.67. The zero-order valence-electron chi connectivity index (χ0n) is 11.9. The molecule has 1 heterocycles. The van der Waals surface area contributed by atoms with Gasteiger partial charge < -0.3 is 14.8 Å². The average Bonchev–Trinajstić information content (AvgIpc) is 3.31. The first-order valence-electron chi connectivity index (χ1n) is 7.47. The van der Waals surface area contributed by atoms with Gasteiger partial charge in [0.05, 0.1) is 11.5 Å². The molecule has 1 aromatic carbocycles. The molecule has 114 valence electrons. The normalized spacial score (nSPS) is 22.0. The summed E-state index contributed by atoms with van der Waals surface area (Å²) in [4.78, 5) is 10.9. The fraction of sp³-hybridized carbons (Fsp3) is 0.600. The molecule has 6 nitrogen and oxygen atoms in total. The topological polar surface area (TPSA) is 73.6 Å². The zero-order valence-corrected chi connectivity index (χ0v) is 11.9. The molecular formula is C15H20N2O4. The average molecular weight is 292 g/mol. The molecule has 2 aliphatic rings. The molecule has 1 atom stereocenters. The second-order valence-corrected chi connectivity index (χ2v) is 5.67. The minimum atomic E-state index is -0.375. The van der Waals surface area contributed by atoms with Crippen LogP contribution in [0.1, 0.15) is 31.2 Å². The maximum Gasteiger partial charge on any atom is 0.311 e. The highest BCUT2D eigenvalue weighted by Crippen LogP contribution is 2.30. The lowest BCUT2D eigenvalue weighted by Crippen LogP contribution is -2.28. The first-order chi connectivity index (χ1) is 10.2. The van der Waals surface area contributed by atoms with Crippen LogP contribution in [-0.2, 0) is 11.3 Å². The van der Waals surface area contributed by atoms with Crippen LogP contribution in [0.5, 0.6) is 5.75 Å². The Hall–Kier alpha value is -1.66. The van der Waals surface area contributed by atoms with Crippen molar-refractivity contribution in [2.75, 3.05) is 13.2 Å². The molecule has 1 saturated heterocycles. The summed E-state index contributed by atoms with van der Waals surface area (Å²) < 4.78 is 11.1. The summed E-state index contributed by atoms with van der Waals surface area (Å²) in [5.41, 5.74) is 0.955. The van der Waals surface area contributed by atoms with Crippen LogP contribution in [0.25, 0.3) is 0 Å². The summed E-state index contributed by atoms with van der Waals surface area (Å²) in [7, 11) is 0. The van der Waals surface area contributed by atoms with Crippen LogP contribution >= 0.6 is 0 Å². The summed E-state index contributed by atoms with van der Waals surface area (Å²) in [6.07, 6.45) is 4.12. The van der Waals surface area contributed by atoms with Crippen LogP contribution in [0.4, 0.5) is 5.69 Å². The van der Waals surface area contributed by atoms with Crippen LogP contribution in [0.2, 0.25) is 0 Å². The van der Waals surface area contributed by atoms with E-state index in [0.717, 1.165) is 25.0 Å². The van der Waals surface area contributed by atoms with Gasteiger partial charge in [0, 0.05) is 25.3 Å². The molecule has 0 amide bonds. The molecule has 1 aromatic rings. The highest BCUT2D eigenvalue weighted by molar-refractivity contribution is 5.48. The number of ether oxygens (including phenoxy) is 2. The zero-order chi connectivity index (χ0) is 14.7. The van der Waals surface area contributed by atoms with E-state index in [9.17, 15) is 10.1 Å². The Balaban J connectivity index is 1.70. The van der Waals surface area contributed by atoms with Gasteiger partial charge in [0.1, 0.15) is 6.10 Å². The van der Waals surface area contributed by atoms with Gasteiger partial charge in [-0.2, -0.15) is 0 Å². The minimum Gasteiger partial charge on any atom is -0.481 e. The molecule has 21 heavy (non-hydrogen) atoms. The van der Waals surface area contributed by atoms with Gasteiger partial charge in [-0.3, -0.25) is 10.1 Å². The predicted molar refractivity (Wildman–Crippen MR) is 77.4 cm³/mol. The predicted octanol–water partition coefficient (Wildman–Crippen LogP) is 2.40. The molecule has 1 saturated carbocycles. The van der Waals surface area contributed by atoms with Gasteiger partial charge in [0.2, 0.25) is 0 Å². The van der Waals surface area contributed by atoms with E-state index in [2.05, 4.69) is 5.32 Å². The van der Waals surface area contributed by atoms with Crippen LogP contribution in [-0.4, -0.2) is 30.3 Å². The van der Waals surface area contributed by atoms with Crippen LogP contribution < -0.4 is 10.1 Å². The SMILES string of the molecule is O=[N+]([O-])c1cc(CNC2CC2)ccc1OC1CCCOC1. The number of benzene rings is 1. The first kappa shape index (κ1) is 14.3. The van der Waals surface area contributed by atoms with Crippen molar-refractivity contribution in [1.82, 2.24) is 5.32 Å². The summed E-state index contributed by atoms with van der Waals surface area (Å²) in [6, 6.07) is 5.78.